The minimum Gasteiger partial charge on any atom is -0.452 e. The van der Waals surface area contributed by atoms with Crippen molar-refractivity contribution < 1.29 is 27.9 Å². The van der Waals surface area contributed by atoms with Crippen LogP contribution < -0.4 is 5.73 Å². The smallest absolute Gasteiger partial charge is 0.338 e. The summed E-state index contributed by atoms with van der Waals surface area (Å²) in [5, 5.41) is 0. The van der Waals surface area contributed by atoms with Crippen LogP contribution in [0.2, 0.25) is 0 Å². The highest BCUT2D eigenvalue weighted by molar-refractivity contribution is 5.91. The second-order valence-corrected chi connectivity index (χ2v) is 5.29. The summed E-state index contributed by atoms with van der Waals surface area (Å²) in [7, 11) is 0. The van der Waals surface area contributed by atoms with Gasteiger partial charge in [0.25, 0.3) is 5.91 Å². The molecule has 2 N–H and O–H groups in total. The van der Waals surface area contributed by atoms with Crippen LogP contribution in [0.5, 0.6) is 0 Å². The van der Waals surface area contributed by atoms with Gasteiger partial charge in [-0.2, -0.15) is 0 Å². The monoisotopic (exact) mass is 326 g/mol. The van der Waals surface area contributed by atoms with Crippen LogP contribution in [0, 0.1) is 17.6 Å². The highest BCUT2D eigenvalue weighted by atomic mass is 19.1. The molecule has 0 spiro atoms. The van der Waals surface area contributed by atoms with Gasteiger partial charge >= 0.3 is 5.97 Å². The molecule has 23 heavy (non-hydrogen) atoms. The Hall–Kier alpha value is -2.51. The van der Waals surface area contributed by atoms with Gasteiger partial charge in [-0.1, -0.05) is 0 Å². The van der Waals surface area contributed by atoms with Crippen LogP contribution in [0.25, 0.3) is 0 Å². The normalized spacial score (nSPS) is 15.3. The van der Waals surface area contributed by atoms with E-state index in [0.29, 0.717) is 32.0 Å². The lowest BCUT2D eigenvalue weighted by Gasteiger charge is -2.30. The topological polar surface area (TPSA) is 89.7 Å². The summed E-state index contributed by atoms with van der Waals surface area (Å²) in [6.45, 7) is 0.162. The van der Waals surface area contributed by atoms with Crippen LogP contribution in [0.15, 0.2) is 18.2 Å². The van der Waals surface area contributed by atoms with Gasteiger partial charge in [-0.15, -0.1) is 0 Å². The van der Waals surface area contributed by atoms with E-state index < -0.39 is 36.0 Å². The molecule has 2 amide bonds. The van der Waals surface area contributed by atoms with Gasteiger partial charge in [0.15, 0.2) is 6.61 Å². The van der Waals surface area contributed by atoms with Gasteiger partial charge in [0.2, 0.25) is 5.91 Å². The van der Waals surface area contributed by atoms with Gasteiger partial charge in [-0.3, -0.25) is 9.59 Å². The van der Waals surface area contributed by atoms with Crippen LogP contribution >= 0.6 is 0 Å². The zero-order valence-corrected chi connectivity index (χ0v) is 12.3. The summed E-state index contributed by atoms with van der Waals surface area (Å²) in [6.07, 6.45) is 0.925. The van der Waals surface area contributed by atoms with Gasteiger partial charge in [0.05, 0.1) is 5.56 Å². The number of esters is 1. The quantitative estimate of drug-likeness (QED) is 0.831. The van der Waals surface area contributed by atoms with Crippen LogP contribution in [0.1, 0.15) is 23.2 Å². The number of hydrogen-bond acceptors (Lipinski definition) is 4. The molecule has 0 atom stereocenters. The summed E-state index contributed by atoms with van der Waals surface area (Å²) in [6, 6.07) is 2.29. The Bertz CT molecular complexity index is 608. The molecule has 6 nitrogen and oxygen atoms in total. The number of hydrogen-bond donors (Lipinski definition) is 1. The molecule has 0 aliphatic carbocycles. The summed E-state index contributed by atoms with van der Waals surface area (Å²) >= 11 is 0. The first-order valence-electron chi connectivity index (χ1n) is 7.07. The largest absolute Gasteiger partial charge is 0.452 e. The highest BCUT2D eigenvalue weighted by Crippen LogP contribution is 2.17. The van der Waals surface area contributed by atoms with E-state index in [1.165, 1.54) is 4.90 Å². The Morgan fingerprint density at radius 1 is 1.13 bits per heavy atom. The lowest BCUT2D eigenvalue weighted by Crippen LogP contribution is -2.43. The van der Waals surface area contributed by atoms with E-state index >= 15 is 0 Å². The van der Waals surface area contributed by atoms with Crippen molar-refractivity contribution >= 4 is 17.8 Å². The van der Waals surface area contributed by atoms with E-state index in [2.05, 4.69) is 0 Å². The fraction of sp³-hybridized carbons (Fsp3) is 0.400. The summed E-state index contributed by atoms with van der Waals surface area (Å²) in [4.78, 5) is 36.1. The van der Waals surface area contributed by atoms with E-state index in [4.69, 9.17) is 10.5 Å². The molecule has 1 aliphatic heterocycles. The minimum absolute atomic E-state index is 0.253. The number of rotatable bonds is 4. The number of ether oxygens (including phenoxy) is 1. The first-order valence-corrected chi connectivity index (χ1v) is 7.07. The SMILES string of the molecule is NC(=O)C1CCN(C(=O)COC(=O)c2cc(F)cc(F)c2)CC1. The number of likely N-dealkylation sites (tertiary alicyclic amines) is 1. The predicted octanol–water partition coefficient (Wildman–Crippen LogP) is 0.845. The molecule has 1 heterocycles. The van der Waals surface area contributed by atoms with Crippen LogP contribution in [-0.2, 0) is 14.3 Å². The number of piperidine rings is 1. The number of halogens is 2. The van der Waals surface area contributed by atoms with Crippen molar-refractivity contribution in [2.24, 2.45) is 11.7 Å². The molecule has 124 valence electrons. The van der Waals surface area contributed by atoms with Gasteiger partial charge in [-0.05, 0) is 25.0 Å². The number of primary amides is 1. The molecule has 8 heteroatoms. The average molecular weight is 326 g/mol. The number of nitrogens with two attached hydrogens (primary N) is 1. The van der Waals surface area contributed by atoms with Crippen molar-refractivity contribution in [3.63, 3.8) is 0 Å². The maximum Gasteiger partial charge on any atom is 0.338 e. The molecule has 0 saturated carbocycles. The maximum atomic E-state index is 13.0. The molecule has 1 aromatic rings. The third-order valence-electron chi connectivity index (χ3n) is 3.68. The van der Waals surface area contributed by atoms with Gasteiger partial charge in [0, 0.05) is 25.1 Å². The van der Waals surface area contributed by atoms with Crippen LogP contribution in [-0.4, -0.2) is 42.4 Å². The third kappa shape index (κ3) is 4.48. The third-order valence-corrected chi connectivity index (χ3v) is 3.68. The van der Waals surface area contributed by atoms with Crippen molar-refractivity contribution in [2.75, 3.05) is 19.7 Å². The summed E-state index contributed by atoms with van der Waals surface area (Å²) in [5.41, 5.74) is 4.90. The molecule has 0 radical (unpaired) electrons. The Labute approximate surface area is 131 Å². The molecular weight excluding hydrogens is 310 g/mol. The van der Waals surface area contributed by atoms with Crippen LogP contribution in [0.4, 0.5) is 8.78 Å². The van der Waals surface area contributed by atoms with Gasteiger partial charge in [-0.25, -0.2) is 13.6 Å². The van der Waals surface area contributed by atoms with Gasteiger partial charge in [0.1, 0.15) is 11.6 Å². The minimum atomic E-state index is -0.983. The van der Waals surface area contributed by atoms with E-state index in [-0.39, 0.29) is 11.5 Å². The molecule has 2 rings (SSSR count). The Morgan fingerprint density at radius 3 is 2.22 bits per heavy atom. The molecule has 0 aromatic heterocycles. The van der Waals surface area contributed by atoms with E-state index in [1.54, 1.807) is 0 Å². The number of benzene rings is 1. The molecular formula is C15H16F2N2O4. The number of nitrogens with zero attached hydrogens (tertiary/aromatic N) is 1. The Kier molecular flexibility index (Phi) is 5.25. The number of amides is 2. The molecule has 0 bridgehead atoms. The molecule has 1 fully saturated rings. The Balaban J connectivity index is 1.85. The lowest BCUT2D eigenvalue weighted by atomic mass is 9.96. The fourth-order valence-corrected chi connectivity index (χ4v) is 2.39. The van der Waals surface area contributed by atoms with E-state index in [0.717, 1.165) is 12.1 Å². The lowest BCUT2D eigenvalue weighted by molar-refractivity contribution is -0.137. The average Bonchev–Trinajstić information content (AvgIpc) is 2.51. The number of carbonyl (C=O) groups excluding carboxylic acids is 3. The van der Waals surface area contributed by atoms with Crippen molar-refractivity contribution in [2.45, 2.75) is 12.8 Å². The zero-order chi connectivity index (χ0) is 17.0. The Morgan fingerprint density at radius 2 is 1.70 bits per heavy atom. The van der Waals surface area contributed by atoms with Crippen molar-refractivity contribution in [3.8, 4) is 0 Å². The van der Waals surface area contributed by atoms with Crippen molar-refractivity contribution in [3.05, 3.63) is 35.4 Å². The predicted molar refractivity (Wildman–Crippen MR) is 75.1 cm³/mol. The first kappa shape index (κ1) is 16.9. The van der Waals surface area contributed by atoms with Crippen molar-refractivity contribution in [1.29, 1.82) is 0 Å². The molecule has 1 saturated heterocycles. The van der Waals surface area contributed by atoms with Crippen molar-refractivity contribution in [1.82, 2.24) is 4.90 Å². The highest BCUT2D eigenvalue weighted by Gasteiger charge is 2.26. The summed E-state index contributed by atoms with van der Waals surface area (Å²) < 4.78 is 30.8. The second kappa shape index (κ2) is 7.17. The molecule has 0 unspecified atom stereocenters. The number of carbonyl (C=O) groups is 3. The standard InChI is InChI=1S/C15H16F2N2O4/c16-11-5-10(6-12(17)7-11)15(22)23-8-13(20)19-3-1-9(2-4-19)14(18)21/h5-7,9H,1-4,8H2,(H2,18,21). The second-order valence-electron chi connectivity index (χ2n) is 5.29. The van der Waals surface area contributed by atoms with E-state index in [9.17, 15) is 23.2 Å². The van der Waals surface area contributed by atoms with Crippen LogP contribution in [0.3, 0.4) is 0 Å². The van der Waals surface area contributed by atoms with E-state index in [1.807, 2.05) is 0 Å². The molecule has 1 aromatic carbocycles. The maximum absolute atomic E-state index is 13.0. The fourth-order valence-electron chi connectivity index (χ4n) is 2.39. The first-order chi connectivity index (χ1) is 10.9. The summed E-state index contributed by atoms with van der Waals surface area (Å²) in [5.74, 6) is -3.87. The zero-order valence-electron chi connectivity index (χ0n) is 12.3. The molecule has 1 aliphatic rings. The van der Waals surface area contributed by atoms with Gasteiger partial charge < -0.3 is 15.4 Å².